The maximum Gasteiger partial charge on any atom is 0.326 e. The Morgan fingerprint density at radius 3 is 2.42 bits per heavy atom. The van der Waals surface area contributed by atoms with E-state index in [1.165, 1.54) is 11.9 Å². The van der Waals surface area contributed by atoms with Crippen LogP contribution in [0.25, 0.3) is 11.1 Å². The van der Waals surface area contributed by atoms with E-state index < -0.39 is 35.9 Å². The van der Waals surface area contributed by atoms with Crippen molar-refractivity contribution in [1.82, 2.24) is 20.9 Å². The first-order valence-corrected chi connectivity index (χ1v) is 12.3. The van der Waals surface area contributed by atoms with Crippen LogP contribution in [0, 0.1) is 0 Å². The predicted octanol–water partition coefficient (Wildman–Crippen LogP) is 1.80. The first kappa shape index (κ1) is 27.4. The van der Waals surface area contributed by atoms with Gasteiger partial charge in [-0.25, -0.2) is 4.79 Å². The van der Waals surface area contributed by atoms with E-state index in [0.717, 1.165) is 11.1 Å². The second-order valence-electron chi connectivity index (χ2n) is 9.01. The fourth-order valence-electron chi connectivity index (χ4n) is 4.40. The Kier molecular flexibility index (Phi) is 9.31. The summed E-state index contributed by atoms with van der Waals surface area (Å²) in [5.41, 5.74) is 2.70. The molecule has 2 aromatic carbocycles. The maximum atomic E-state index is 13.5. The van der Waals surface area contributed by atoms with Gasteiger partial charge in [0.25, 0.3) is 0 Å². The number of phenolic OH excluding ortho intramolecular Hbond substituents is 1. The highest BCUT2D eigenvalue weighted by molar-refractivity contribution is 6.31. The number of amides is 2. The van der Waals surface area contributed by atoms with Crippen molar-refractivity contribution in [1.29, 1.82) is 0 Å². The number of carbonyl (C=O) groups excluding carboxylic acids is 2. The van der Waals surface area contributed by atoms with Gasteiger partial charge in [-0.15, -0.1) is 0 Å². The van der Waals surface area contributed by atoms with Gasteiger partial charge in [-0.3, -0.25) is 9.59 Å². The van der Waals surface area contributed by atoms with Gasteiger partial charge >= 0.3 is 5.97 Å². The average molecular weight is 517 g/mol. The van der Waals surface area contributed by atoms with Crippen molar-refractivity contribution in [2.75, 3.05) is 27.7 Å². The molecule has 1 aliphatic heterocycles. The fourth-order valence-corrected chi connectivity index (χ4v) is 4.59. The molecular weight excluding hydrogens is 484 g/mol. The van der Waals surface area contributed by atoms with Crippen LogP contribution in [0.5, 0.6) is 5.75 Å². The molecule has 5 N–H and O–H groups in total. The zero-order valence-electron chi connectivity index (χ0n) is 20.7. The van der Waals surface area contributed by atoms with Crippen LogP contribution >= 0.6 is 11.6 Å². The lowest BCUT2D eigenvalue weighted by Gasteiger charge is -2.30. The van der Waals surface area contributed by atoms with Crippen molar-refractivity contribution in [3.63, 3.8) is 0 Å². The quantitative estimate of drug-likeness (QED) is 0.370. The SMILES string of the molecule is CNCCC[C@@H]1NC(=O)[C@@H](NC)Cc2cc(ccc2O)-c2ccc(Cl)c(c2)C[C@@H](C(=O)O)N(C)C1=O. The lowest BCUT2D eigenvalue weighted by molar-refractivity contribution is -0.150. The number of halogens is 1. The van der Waals surface area contributed by atoms with Gasteiger partial charge < -0.3 is 31.1 Å². The number of rotatable bonds is 6. The van der Waals surface area contributed by atoms with E-state index in [1.807, 2.05) is 6.07 Å². The summed E-state index contributed by atoms with van der Waals surface area (Å²) in [4.78, 5) is 40.1. The number of likely N-dealkylation sites (N-methyl/N-ethyl adjacent to an activating group) is 2. The number of phenols is 1. The first-order chi connectivity index (χ1) is 17.2. The van der Waals surface area contributed by atoms with E-state index in [1.54, 1.807) is 44.4 Å². The van der Waals surface area contributed by atoms with Crippen molar-refractivity contribution in [3.05, 3.63) is 52.5 Å². The molecule has 0 aliphatic carbocycles. The van der Waals surface area contributed by atoms with Gasteiger partial charge in [-0.2, -0.15) is 0 Å². The largest absolute Gasteiger partial charge is 0.508 e. The van der Waals surface area contributed by atoms with Crippen molar-refractivity contribution < 1.29 is 24.6 Å². The number of hydrogen-bond donors (Lipinski definition) is 5. The topological polar surface area (TPSA) is 131 Å². The van der Waals surface area contributed by atoms with Crippen LogP contribution in [0.1, 0.15) is 24.0 Å². The molecule has 1 aliphatic rings. The molecule has 2 aromatic rings. The second kappa shape index (κ2) is 12.2. The monoisotopic (exact) mass is 516 g/mol. The third kappa shape index (κ3) is 6.34. The molecule has 0 saturated heterocycles. The number of carbonyl (C=O) groups is 3. The minimum Gasteiger partial charge on any atom is -0.508 e. The van der Waals surface area contributed by atoms with E-state index in [9.17, 15) is 24.6 Å². The van der Waals surface area contributed by atoms with Crippen molar-refractivity contribution >= 4 is 29.4 Å². The number of carboxylic acids is 1. The van der Waals surface area contributed by atoms with Gasteiger partial charge in [0.1, 0.15) is 17.8 Å². The molecule has 4 bridgehead atoms. The number of aliphatic carboxylic acids is 1. The summed E-state index contributed by atoms with van der Waals surface area (Å²) in [6, 6.07) is 7.60. The third-order valence-electron chi connectivity index (χ3n) is 6.60. The summed E-state index contributed by atoms with van der Waals surface area (Å²) in [6.45, 7) is 0.629. The highest BCUT2D eigenvalue weighted by Crippen LogP contribution is 2.31. The van der Waals surface area contributed by atoms with Gasteiger partial charge in [0.2, 0.25) is 11.8 Å². The standard InChI is InChI=1S/C26H33ClN4O5/c1-28-10-4-5-20-25(34)31(3)22(26(35)36)14-17-11-15(6-8-19(17)27)16-7-9-23(32)18(12-16)13-21(29-2)24(33)30-20/h6-9,11-12,20-22,28-29,32H,4-5,10,13-14H2,1-3H3,(H,30,33)(H,35,36)/t20-,21-,22-/m0/s1. The summed E-state index contributed by atoms with van der Waals surface area (Å²) >= 11 is 6.43. The van der Waals surface area contributed by atoms with Crippen molar-refractivity contribution in [3.8, 4) is 16.9 Å². The predicted molar refractivity (Wildman–Crippen MR) is 138 cm³/mol. The van der Waals surface area contributed by atoms with Crippen LogP contribution in [0.4, 0.5) is 0 Å². The van der Waals surface area contributed by atoms with E-state index >= 15 is 0 Å². The molecule has 9 nitrogen and oxygen atoms in total. The molecule has 0 spiro atoms. The molecule has 0 unspecified atom stereocenters. The van der Waals surface area contributed by atoms with Crippen LogP contribution in [0.3, 0.4) is 0 Å². The Bertz CT molecular complexity index is 1130. The number of benzene rings is 2. The van der Waals surface area contributed by atoms with Gasteiger partial charge in [0.15, 0.2) is 0 Å². The Morgan fingerprint density at radius 1 is 1.11 bits per heavy atom. The van der Waals surface area contributed by atoms with Crippen LogP contribution in [-0.2, 0) is 27.2 Å². The Labute approximate surface area is 215 Å². The summed E-state index contributed by atoms with van der Waals surface area (Å²) in [5.74, 6) is -2.02. The van der Waals surface area contributed by atoms with E-state index in [-0.39, 0.29) is 18.6 Å². The van der Waals surface area contributed by atoms with Crippen molar-refractivity contribution in [2.24, 2.45) is 0 Å². The van der Waals surface area contributed by atoms with Gasteiger partial charge in [-0.05, 0) is 80.0 Å². The number of aromatic hydroxyl groups is 1. The zero-order valence-corrected chi connectivity index (χ0v) is 21.4. The normalized spacial score (nSPS) is 20.9. The smallest absolute Gasteiger partial charge is 0.326 e. The lowest BCUT2D eigenvalue weighted by Crippen LogP contribution is -2.56. The van der Waals surface area contributed by atoms with Gasteiger partial charge in [0.05, 0.1) is 6.04 Å². The summed E-state index contributed by atoms with van der Waals surface area (Å²) in [7, 11) is 4.86. The molecular formula is C26H33ClN4O5. The summed E-state index contributed by atoms with van der Waals surface area (Å²) in [5, 5.41) is 29.7. The number of carboxylic acid groups (broad SMARTS) is 1. The maximum absolute atomic E-state index is 13.5. The average Bonchev–Trinajstić information content (AvgIpc) is 2.85. The summed E-state index contributed by atoms with van der Waals surface area (Å²) in [6.07, 6.45) is 1.11. The highest BCUT2D eigenvalue weighted by Gasteiger charge is 2.33. The Balaban J connectivity index is 2.13. The Hall–Kier alpha value is -3.14. The minimum absolute atomic E-state index is 0.00842. The first-order valence-electron chi connectivity index (χ1n) is 11.9. The van der Waals surface area contributed by atoms with Crippen molar-refractivity contribution in [2.45, 2.75) is 43.8 Å². The highest BCUT2D eigenvalue weighted by atomic mass is 35.5. The molecule has 0 aromatic heterocycles. The molecule has 0 saturated carbocycles. The summed E-state index contributed by atoms with van der Waals surface area (Å²) < 4.78 is 0. The van der Waals surface area contributed by atoms with Crippen LogP contribution in [0.2, 0.25) is 5.02 Å². The molecule has 0 fully saturated rings. The Morgan fingerprint density at radius 2 is 1.78 bits per heavy atom. The lowest BCUT2D eigenvalue weighted by atomic mass is 9.95. The zero-order chi connectivity index (χ0) is 26.4. The number of hydrogen-bond acceptors (Lipinski definition) is 6. The van der Waals surface area contributed by atoms with Gasteiger partial charge in [0, 0.05) is 24.9 Å². The number of nitrogens with one attached hydrogen (secondary N) is 3. The van der Waals surface area contributed by atoms with Gasteiger partial charge in [-0.1, -0.05) is 23.7 Å². The minimum atomic E-state index is -1.19. The third-order valence-corrected chi connectivity index (χ3v) is 6.96. The van der Waals surface area contributed by atoms with Crippen LogP contribution in [0.15, 0.2) is 36.4 Å². The molecule has 36 heavy (non-hydrogen) atoms. The molecule has 3 atom stereocenters. The molecule has 2 amide bonds. The molecule has 3 rings (SSSR count). The second-order valence-corrected chi connectivity index (χ2v) is 9.42. The molecule has 0 radical (unpaired) electrons. The van der Waals surface area contributed by atoms with E-state index in [2.05, 4.69) is 16.0 Å². The number of nitrogens with zero attached hydrogens (tertiary/aromatic N) is 1. The molecule has 10 heteroatoms. The molecule has 194 valence electrons. The fraction of sp³-hybridized carbons (Fsp3) is 0.423. The van der Waals surface area contributed by atoms with Crippen LogP contribution in [-0.4, -0.2) is 78.7 Å². The van der Waals surface area contributed by atoms with E-state index in [4.69, 9.17) is 11.6 Å². The number of fused-ring (bicyclic) bond motifs is 5. The van der Waals surface area contributed by atoms with E-state index in [0.29, 0.717) is 35.5 Å². The van der Waals surface area contributed by atoms with Crippen LogP contribution < -0.4 is 16.0 Å². The molecule has 1 heterocycles.